The summed E-state index contributed by atoms with van der Waals surface area (Å²) in [6.45, 7) is 14.0. The third-order valence-electron chi connectivity index (χ3n) is 4.49. The van der Waals surface area contributed by atoms with Crippen molar-refractivity contribution in [2.45, 2.75) is 45.8 Å². The van der Waals surface area contributed by atoms with Crippen LogP contribution in [-0.4, -0.2) is 63.0 Å². The lowest BCUT2D eigenvalue weighted by Gasteiger charge is -2.35. The molecular weight excluding hydrogens is 252 g/mol. The molecule has 2 rings (SSSR count). The molecule has 2 atom stereocenters. The zero-order valence-corrected chi connectivity index (χ0v) is 13.4. The molecule has 0 saturated carbocycles. The van der Waals surface area contributed by atoms with Crippen molar-refractivity contribution >= 4 is 0 Å². The van der Waals surface area contributed by atoms with E-state index in [2.05, 4.69) is 31.0 Å². The van der Waals surface area contributed by atoms with Crippen molar-refractivity contribution in [3.05, 3.63) is 0 Å². The molecule has 4 heteroatoms. The molecule has 0 aromatic heterocycles. The molecule has 0 aromatic rings. The van der Waals surface area contributed by atoms with Gasteiger partial charge in [0.05, 0.1) is 12.7 Å². The summed E-state index contributed by atoms with van der Waals surface area (Å²) in [6.07, 6.45) is 2.74. The largest absolute Gasteiger partial charge is 0.381 e. The van der Waals surface area contributed by atoms with E-state index in [1.54, 1.807) is 0 Å². The number of morpholine rings is 1. The summed E-state index contributed by atoms with van der Waals surface area (Å²) in [4.78, 5) is 2.54. The number of rotatable bonds is 6. The standard InChI is InChI=1S/C16H32N2O2/c1-13(2)11-18-6-9-20-16(12-18)10-17-14(3)15-4-7-19-8-5-15/h13-17H,4-12H2,1-3H3/t14-,16+/m0/s1. The van der Waals surface area contributed by atoms with Crippen LogP contribution in [0.1, 0.15) is 33.6 Å². The molecule has 0 aromatic carbocycles. The summed E-state index contributed by atoms with van der Waals surface area (Å²) in [5.74, 6) is 1.50. The van der Waals surface area contributed by atoms with Crippen molar-refractivity contribution < 1.29 is 9.47 Å². The Balaban J connectivity index is 1.67. The Hall–Kier alpha value is -0.160. The molecule has 2 aliphatic rings. The topological polar surface area (TPSA) is 33.7 Å². The lowest BCUT2D eigenvalue weighted by Crippen LogP contribution is -2.49. The van der Waals surface area contributed by atoms with Crippen LogP contribution in [0.3, 0.4) is 0 Å². The van der Waals surface area contributed by atoms with Crippen LogP contribution in [0.15, 0.2) is 0 Å². The fourth-order valence-corrected chi connectivity index (χ4v) is 3.29. The second-order valence-corrected chi connectivity index (χ2v) is 6.79. The van der Waals surface area contributed by atoms with E-state index in [1.165, 1.54) is 19.4 Å². The Bertz CT molecular complexity index is 267. The molecule has 0 bridgehead atoms. The maximum absolute atomic E-state index is 5.90. The molecule has 4 nitrogen and oxygen atoms in total. The van der Waals surface area contributed by atoms with Gasteiger partial charge in [-0.15, -0.1) is 0 Å². The van der Waals surface area contributed by atoms with Crippen LogP contribution in [0.5, 0.6) is 0 Å². The van der Waals surface area contributed by atoms with Gasteiger partial charge in [-0.05, 0) is 31.6 Å². The highest BCUT2D eigenvalue weighted by atomic mass is 16.5. The Labute approximate surface area is 124 Å². The lowest BCUT2D eigenvalue weighted by atomic mass is 9.93. The van der Waals surface area contributed by atoms with Gasteiger partial charge in [-0.1, -0.05) is 13.8 Å². The van der Waals surface area contributed by atoms with Crippen LogP contribution in [-0.2, 0) is 9.47 Å². The van der Waals surface area contributed by atoms with E-state index in [1.807, 2.05) is 0 Å². The van der Waals surface area contributed by atoms with Gasteiger partial charge in [0.2, 0.25) is 0 Å². The van der Waals surface area contributed by atoms with Crippen LogP contribution < -0.4 is 5.32 Å². The zero-order chi connectivity index (χ0) is 14.4. The third-order valence-corrected chi connectivity index (χ3v) is 4.49. The van der Waals surface area contributed by atoms with E-state index in [0.29, 0.717) is 12.1 Å². The first kappa shape index (κ1) is 16.2. The first-order valence-corrected chi connectivity index (χ1v) is 8.30. The van der Waals surface area contributed by atoms with E-state index in [-0.39, 0.29) is 0 Å². The van der Waals surface area contributed by atoms with Crippen molar-refractivity contribution in [3.8, 4) is 0 Å². The van der Waals surface area contributed by atoms with Gasteiger partial charge in [-0.25, -0.2) is 0 Å². The maximum atomic E-state index is 5.90. The Kier molecular flexibility index (Phi) is 6.75. The van der Waals surface area contributed by atoms with Gasteiger partial charge in [0.1, 0.15) is 0 Å². The van der Waals surface area contributed by atoms with Crippen molar-refractivity contribution in [2.75, 3.05) is 46.0 Å². The van der Waals surface area contributed by atoms with E-state index in [9.17, 15) is 0 Å². The number of hydrogen-bond donors (Lipinski definition) is 1. The SMILES string of the molecule is CC(C)CN1CCO[C@H](CN[C@@H](C)C2CCOCC2)C1. The normalized spacial score (nSPS) is 27.9. The van der Waals surface area contributed by atoms with Gasteiger partial charge in [-0.3, -0.25) is 4.90 Å². The Morgan fingerprint density at radius 1 is 1.15 bits per heavy atom. The molecule has 2 saturated heterocycles. The monoisotopic (exact) mass is 284 g/mol. The first-order chi connectivity index (χ1) is 9.65. The Morgan fingerprint density at radius 2 is 1.90 bits per heavy atom. The first-order valence-electron chi connectivity index (χ1n) is 8.30. The van der Waals surface area contributed by atoms with Gasteiger partial charge < -0.3 is 14.8 Å². The average molecular weight is 284 g/mol. The quantitative estimate of drug-likeness (QED) is 0.806. The molecule has 0 aliphatic carbocycles. The second kappa shape index (κ2) is 8.32. The molecule has 0 radical (unpaired) electrons. The predicted molar refractivity (Wildman–Crippen MR) is 82.0 cm³/mol. The number of ether oxygens (including phenoxy) is 2. The van der Waals surface area contributed by atoms with Crippen LogP contribution in [0.4, 0.5) is 0 Å². The van der Waals surface area contributed by atoms with Gasteiger partial charge in [0.25, 0.3) is 0 Å². The minimum Gasteiger partial charge on any atom is -0.381 e. The van der Waals surface area contributed by atoms with E-state index < -0.39 is 0 Å². The Morgan fingerprint density at radius 3 is 2.60 bits per heavy atom. The summed E-state index contributed by atoms with van der Waals surface area (Å²) in [6, 6.07) is 0.572. The molecular formula is C16H32N2O2. The molecule has 2 heterocycles. The van der Waals surface area contributed by atoms with Crippen LogP contribution >= 0.6 is 0 Å². The molecule has 0 unspecified atom stereocenters. The van der Waals surface area contributed by atoms with Crippen LogP contribution in [0, 0.1) is 11.8 Å². The summed E-state index contributed by atoms with van der Waals surface area (Å²) in [7, 11) is 0. The van der Waals surface area contributed by atoms with Crippen molar-refractivity contribution in [1.82, 2.24) is 10.2 Å². The van der Waals surface area contributed by atoms with Crippen molar-refractivity contribution in [1.29, 1.82) is 0 Å². The molecule has 118 valence electrons. The zero-order valence-electron chi connectivity index (χ0n) is 13.4. The molecule has 0 spiro atoms. The second-order valence-electron chi connectivity index (χ2n) is 6.79. The highest BCUT2D eigenvalue weighted by molar-refractivity contribution is 4.79. The van der Waals surface area contributed by atoms with Crippen molar-refractivity contribution in [3.63, 3.8) is 0 Å². The van der Waals surface area contributed by atoms with E-state index in [4.69, 9.17) is 9.47 Å². The number of nitrogens with zero attached hydrogens (tertiary/aromatic N) is 1. The summed E-state index contributed by atoms with van der Waals surface area (Å²) < 4.78 is 11.3. The maximum Gasteiger partial charge on any atom is 0.0826 e. The lowest BCUT2D eigenvalue weighted by molar-refractivity contribution is -0.0328. The number of hydrogen-bond acceptors (Lipinski definition) is 4. The van der Waals surface area contributed by atoms with E-state index >= 15 is 0 Å². The minimum atomic E-state index is 0.352. The fourth-order valence-electron chi connectivity index (χ4n) is 3.29. The smallest absolute Gasteiger partial charge is 0.0826 e. The highest BCUT2D eigenvalue weighted by Gasteiger charge is 2.24. The van der Waals surface area contributed by atoms with Crippen LogP contribution in [0.2, 0.25) is 0 Å². The average Bonchev–Trinajstić information content (AvgIpc) is 2.45. The van der Waals surface area contributed by atoms with Gasteiger partial charge in [-0.2, -0.15) is 0 Å². The van der Waals surface area contributed by atoms with Gasteiger partial charge >= 0.3 is 0 Å². The summed E-state index contributed by atoms with van der Waals surface area (Å²) >= 11 is 0. The molecule has 1 N–H and O–H groups in total. The van der Waals surface area contributed by atoms with Gasteiger partial charge in [0.15, 0.2) is 0 Å². The van der Waals surface area contributed by atoms with Gasteiger partial charge in [0, 0.05) is 45.4 Å². The third kappa shape index (κ3) is 5.32. The predicted octanol–water partition coefficient (Wildman–Crippen LogP) is 1.75. The minimum absolute atomic E-state index is 0.352. The van der Waals surface area contributed by atoms with Crippen molar-refractivity contribution in [2.24, 2.45) is 11.8 Å². The van der Waals surface area contributed by atoms with E-state index in [0.717, 1.165) is 51.3 Å². The summed E-state index contributed by atoms with van der Waals surface area (Å²) in [5, 5.41) is 3.69. The number of nitrogens with one attached hydrogen (secondary N) is 1. The summed E-state index contributed by atoms with van der Waals surface area (Å²) in [5.41, 5.74) is 0. The molecule has 0 amide bonds. The van der Waals surface area contributed by atoms with Crippen LogP contribution in [0.25, 0.3) is 0 Å². The fraction of sp³-hybridized carbons (Fsp3) is 1.00. The molecule has 2 fully saturated rings. The molecule has 20 heavy (non-hydrogen) atoms. The highest BCUT2D eigenvalue weighted by Crippen LogP contribution is 2.18. The molecule has 2 aliphatic heterocycles.